The van der Waals surface area contributed by atoms with Crippen LogP contribution in [0.15, 0.2) is 48.5 Å². The van der Waals surface area contributed by atoms with E-state index in [4.69, 9.17) is 4.74 Å². The topological polar surface area (TPSA) is 75.7 Å². The number of hydrogen-bond donors (Lipinski definition) is 1. The van der Waals surface area contributed by atoms with Gasteiger partial charge in [0.1, 0.15) is 12.3 Å². The quantitative estimate of drug-likeness (QED) is 0.750. The van der Waals surface area contributed by atoms with Crippen molar-refractivity contribution in [2.24, 2.45) is 0 Å². The lowest BCUT2D eigenvalue weighted by Crippen LogP contribution is -2.42. The number of rotatable bonds is 7. The van der Waals surface area contributed by atoms with Gasteiger partial charge in [0.25, 0.3) is 0 Å². The van der Waals surface area contributed by atoms with Gasteiger partial charge >= 0.3 is 0 Å². The maximum absolute atomic E-state index is 12.8. The van der Waals surface area contributed by atoms with E-state index in [1.54, 1.807) is 24.3 Å². The van der Waals surface area contributed by atoms with Crippen molar-refractivity contribution in [1.29, 1.82) is 0 Å². The standard InChI is InChI=1S/C22H28N2O4S/c1-16(2)28-19-11-7-10-18(14-19)24(29(3,26)27)15-22(25)23-21-13-6-9-17-8-4-5-12-20(17)21/h4-5,7-8,10-12,14,16,21H,6,9,13,15H2,1-3H3,(H,23,25)/t21-/m1/s1. The first kappa shape index (κ1) is 21.2. The van der Waals surface area contributed by atoms with E-state index in [-0.39, 0.29) is 24.6 Å². The van der Waals surface area contributed by atoms with Crippen molar-refractivity contribution >= 4 is 21.6 Å². The van der Waals surface area contributed by atoms with E-state index >= 15 is 0 Å². The highest BCUT2D eigenvalue weighted by atomic mass is 32.2. The molecule has 6 nitrogen and oxygen atoms in total. The second-order valence-corrected chi connectivity index (χ2v) is 9.55. The fourth-order valence-electron chi connectivity index (χ4n) is 3.66. The summed E-state index contributed by atoms with van der Waals surface area (Å²) in [6.07, 6.45) is 3.91. The predicted molar refractivity (Wildman–Crippen MR) is 115 cm³/mol. The Morgan fingerprint density at radius 2 is 1.97 bits per heavy atom. The molecular weight excluding hydrogens is 388 g/mol. The highest BCUT2D eigenvalue weighted by Crippen LogP contribution is 2.29. The van der Waals surface area contributed by atoms with Crippen LogP contribution in [-0.2, 0) is 21.2 Å². The van der Waals surface area contributed by atoms with E-state index in [1.165, 1.54) is 5.56 Å². The van der Waals surface area contributed by atoms with Crippen LogP contribution >= 0.6 is 0 Å². The summed E-state index contributed by atoms with van der Waals surface area (Å²) in [6, 6.07) is 14.8. The predicted octanol–water partition coefficient (Wildman–Crippen LogP) is 3.43. The average Bonchev–Trinajstić information content (AvgIpc) is 2.65. The molecule has 156 valence electrons. The van der Waals surface area contributed by atoms with Crippen molar-refractivity contribution in [1.82, 2.24) is 5.32 Å². The van der Waals surface area contributed by atoms with Crippen molar-refractivity contribution in [3.8, 4) is 5.75 Å². The molecule has 1 aliphatic rings. The van der Waals surface area contributed by atoms with Crippen LogP contribution in [-0.4, -0.2) is 33.2 Å². The Kier molecular flexibility index (Phi) is 6.47. The lowest BCUT2D eigenvalue weighted by molar-refractivity contribution is -0.120. The summed E-state index contributed by atoms with van der Waals surface area (Å²) in [6.45, 7) is 3.52. The minimum absolute atomic E-state index is 0.0356. The normalized spacial score (nSPS) is 16.2. The molecule has 0 spiro atoms. The third-order valence-electron chi connectivity index (χ3n) is 4.87. The van der Waals surface area contributed by atoms with Crippen LogP contribution in [0.1, 0.15) is 43.9 Å². The highest BCUT2D eigenvalue weighted by Gasteiger charge is 2.25. The van der Waals surface area contributed by atoms with Gasteiger partial charge in [-0.1, -0.05) is 30.3 Å². The van der Waals surface area contributed by atoms with Crippen LogP contribution in [0.3, 0.4) is 0 Å². The van der Waals surface area contributed by atoms with Gasteiger partial charge in [-0.15, -0.1) is 0 Å². The number of nitrogens with one attached hydrogen (secondary N) is 1. The number of sulfonamides is 1. The number of nitrogens with zero attached hydrogens (tertiary/aromatic N) is 1. The zero-order valence-corrected chi connectivity index (χ0v) is 17.9. The van der Waals surface area contributed by atoms with Gasteiger partial charge in [0, 0.05) is 6.07 Å². The molecule has 0 fully saturated rings. The molecule has 7 heteroatoms. The molecular formula is C22H28N2O4S. The Bertz CT molecular complexity index is 972. The maximum Gasteiger partial charge on any atom is 0.241 e. The van der Waals surface area contributed by atoms with Crippen molar-refractivity contribution < 1.29 is 17.9 Å². The Labute approximate surface area is 172 Å². The summed E-state index contributed by atoms with van der Waals surface area (Å²) in [5, 5.41) is 3.02. The molecule has 2 aromatic rings. The van der Waals surface area contributed by atoms with E-state index in [2.05, 4.69) is 11.4 Å². The Morgan fingerprint density at radius 1 is 1.21 bits per heavy atom. The summed E-state index contributed by atoms with van der Waals surface area (Å²) >= 11 is 0. The third kappa shape index (κ3) is 5.50. The van der Waals surface area contributed by atoms with E-state index in [0.717, 1.165) is 35.4 Å². The lowest BCUT2D eigenvalue weighted by Gasteiger charge is -2.28. The second-order valence-electron chi connectivity index (χ2n) is 7.64. The summed E-state index contributed by atoms with van der Waals surface area (Å²) in [4.78, 5) is 12.8. The van der Waals surface area contributed by atoms with Crippen LogP contribution in [0.5, 0.6) is 5.75 Å². The van der Waals surface area contributed by atoms with E-state index in [0.29, 0.717) is 11.4 Å². The Balaban J connectivity index is 1.77. The molecule has 0 bridgehead atoms. The minimum Gasteiger partial charge on any atom is -0.491 e. The number of hydrogen-bond acceptors (Lipinski definition) is 4. The average molecular weight is 417 g/mol. The van der Waals surface area contributed by atoms with Gasteiger partial charge in [-0.2, -0.15) is 0 Å². The molecule has 0 saturated carbocycles. The van der Waals surface area contributed by atoms with Crippen LogP contribution < -0.4 is 14.4 Å². The van der Waals surface area contributed by atoms with Gasteiger partial charge in [0.2, 0.25) is 15.9 Å². The number of benzene rings is 2. The lowest BCUT2D eigenvalue weighted by atomic mass is 9.88. The number of carbonyl (C=O) groups is 1. The molecule has 3 rings (SSSR count). The Hall–Kier alpha value is -2.54. The molecule has 0 unspecified atom stereocenters. The van der Waals surface area contributed by atoms with Crippen LogP contribution in [0.25, 0.3) is 0 Å². The largest absolute Gasteiger partial charge is 0.491 e. The number of fused-ring (bicyclic) bond motifs is 1. The number of ether oxygens (including phenoxy) is 1. The molecule has 0 aliphatic heterocycles. The number of aryl methyl sites for hydroxylation is 1. The molecule has 0 aromatic heterocycles. The van der Waals surface area contributed by atoms with Crippen molar-refractivity contribution in [3.63, 3.8) is 0 Å². The molecule has 0 heterocycles. The molecule has 1 N–H and O–H groups in total. The molecule has 29 heavy (non-hydrogen) atoms. The summed E-state index contributed by atoms with van der Waals surface area (Å²) in [5.74, 6) is 0.236. The number of amides is 1. The zero-order valence-electron chi connectivity index (χ0n) is 17.1. The molecule has 1 aliphatic carbocycles. The fraction of sp³-hybridized carbons (Fsp3) is 0.409. The van der Waals surface area contributed by atoms with E-state index in [1.807, 2.05) is 32.0 Å². The van der Waals surface area contributed by atoms with Gasteiger partial charge in [-0.25, -0.2) is 8.42 Å². The zero-order chi connectivity index (χ0) is 21.0. The SMILES string of the molecule is CC(C)Oc1cccc(N(CC(=O)N[C@@H]2CCCc3ccccc32)S(C)(=O)=O)c1. The van der Waals surface area contributed by atoms with Gasteiger partial charge < -0.3 is 10.1 Å². The minimum atomic E-state index is -3.64. The Morgan fingerprint density at radius 3 is 2.69 bits per heavy atom. The van der Waals surface area contributed by atoms with Crippen LogP contribution in [0.4, 0.5) is 5.69 Å². The molecule has 0 radical (unpaired) electrons. The van der Waals surface area contributed by atoms with Crippen LogP contribution in [0.2, 0.25) is 0 Å². The van der Waals surface area contributed by atoms with E-state index < -0.39 is 10.0 Å². The second kappa shape index (κ2) is 8.86. The number of anilines is 1. The maximum atomic E-state index is 12.8. The van der Waals surface area contributed by atoms with Gasteiger partial charge in [0.15, 0.2) is 0 Å². The van der Waals surface area contributed by atoms with Gasteiger partial charge in [-0.3, -0.25) is 9.10 Å². The van der Waals surface area contributed by atoms with Crippen molar-refractivity contribution in [2.75, 3.05) is 17.1 Å². The number of carbonyl (C=O) groups excluding carboxylic acids is 1. The van der Waals surface area contributed by atoms with E-state index in [9.17, 15) is 13.2 Å². The fourth-order valence-corrected chi connectivity index (χ4v) is 4.51. The first-order valence-corrected chi connectivity index (χ1v) is 11.7. The van der Waals surface area contributed by atoms with Gasteiger partial charge in [-0.05, 0) is 56.4 Å². The molecule has 0 saturated heterocycles. The van der Waals surface area contributed by atoms with Crippen molar-refractivity contribution in [2.45, 2.75) is 45.3 Å². The first-order chi connectivity index (χ1) is 13.7. The molecule has 2 aromatic carbocycles. The summed E-state index contributed by atoms with van der Waals surface area (Å²) in [5.41, 5.74) is 2.76. The third-order valence-corrected chi connectivity index (χ3v) is 6.01. The summed E-state index contributed by atoms with van der Waals surface area (Å²) < 4.78 is 31.6. The first-order valence-electron chi connectivity index (χ1n) is 9.85. The van der Waals surface area contributed by atoms with Crippen molar-refractivity contribution in [3.05, 3.63) is 59.7 Å². The summed E-state index contributed by atoms with van der Waals surface area (Å²) in [7, 11) is -3.64. The van der Waals surface area contributed by atoms with Crippen LogP contribution in [0, 0.1) is 0 Å². The smallest absolute Gasteiger partial charge is 0.241 e. The highest BCUT2D eigenvalue weighted by molar-refractivity contribution is 7.92. The molecule has 1 amide bonds. The monoisotopic (exact) mass is 416 g/mol. The van der Waals surface area contributed by atoms with Gasteiger partial charge in [0.05, 0.1) is 24.1 Å². The molecule has 1 atom stereocenters.